The number of hydrogen-bond donors (Lipinski definition) is 1. The molecule has 2 aromatic heterocycles. The molecule has 1 N–H and O–H groups in total. The Morgan fingerprint density at radius 3 is 2.47 bits per heavy atom. The van der Waals surface area contributed by atoms with Gasteiger partial charge in [0.2, 0.25) is 5.95 Å². The Morgan fingerprint density at radius 2 is 1.84 bits per heavy atom. The molecule has 2 fully saturated rings. The Morgan fingerprint density at radius 1 is 1.19 bits per heavy atom. The van der Waals surface area contributed by atoms with Crippen molar-refractivity contribution < 1.29 is 9.53 Å². The minimum Gasteiger partial charge on any atom is -0.444 e. The lowest BCUT2D eigenvalue weighted by molar-refractivity contribution is 0.0210. The number of ether oxygens (including phenoxy) is 1. The number of pyridine rings is 1. The summed E-state index contributed by atoms with van der Waals surface area (Å²) in [5.74, 6) is 0.529. The fraction of sp³-hybridized carbons (Fsp3) is 0.652. The smallest absolute Gasteiger partial charge is 0.410 e. The number of anilines is 1. The van der Waals surface area contributed by atoms with E-state index in [0.717, 1.165) is 49.5 Å². The topological polar surface area (TPSA) is 89.4 Å². The van der Waals surface area contributed by atoms with Gasteiger partial charge in [0.15, 0.2) is 0 Å². The van der Waals surface area contributed by atoms with Gasteiger partial charge in [0.25, 0.3) is 5.56 Å². The number of halogens is 1. The molecule has 174 valence electrons. The molecule has 1 saturated carbocycles. The number of likely N-dealkylation sites (tertiary alicyclic amines) is 1. The summed E-state index contributed by atoms with van der Waals surface area (Å²) in [5, 5.41) is 4.32. The van der Waals surface area contributed by atoms with Gasteiger partial charge in [-0.1, -0.05) is 12.8 Å². The molecule has 0 bridgehead atoms. The predicted molar refractivity (Wildman–Crippen MR) is 128 cm³/mol. The van der Waals surface area contributed by atoms with Gasteiger partial charge < -0.3 is 15.0 Å². The first-order valence-corrected chi connectivity index (χ1v) is 12.2. The van der Waals surface area contributed by atoms with Crippen LogP contribution in [0.5, 0.6) is 0 Å². The number of carbonyl (C=O) groups is 1. The van der Waals surface area contributed by atoms with Crippen LogP contribution in [0.25, 0.3) is 11.0 Å². The molecule has 2 aliphatic rings. The van der Waals surface area contributed by atoms with Crippen molar-refractivity contribution in [3.8, 4) is 0 Å². The molecule has 3 heterocycles. The number of fused-ring (bicyclic) bond motifs is 1. The minimum absolute atomic E-state index is 0.0165. The zero-order valence-corrected chi connectivity index (χ0v) is 20.9. The third-order valence-electron chi connectivity index (χ3n) is 6.31. The van der Waals surface area contributed by atoms with Crippen molar-refractivity contribution in [2.75, 3.05) is 18.4 Å². The maximum absolute atomic E-state index is 13.1. The van der Waals surface area contributed by atoms with Crippen molar-refractivity contribution in [3.63, 3.8) is 0 Å². The molecule has 1 saturated heterocycles. The van der Waals surface area contributed by atoms with Crippen molar-refractivity contribution >= 4 is 39.0 Å². The van der Waals surface area contributed by atoms with Crippen molar-refractivity contribution in [1.82, 2.24) is 19.4 Å². The van der Waals surface area contributed by atoms with Crippen LogP contribution in [0.15, 0.2) is 15.5 Å². The molecule has 32 heavy (non-hydrogen) atoms. The number of nitrogens with one attached hydrogen (secondary N) is 1. The largest absolute Gasteiger partial charge is 0.444 e. The third-order valence-corrected chi connectivity index (χ3v) is 7.24. The number of carbonyl (C=O) groups excluding carboxylic acids is 1. The summed E-state index contributed by atoms with van der Waals surface area (Å²) >= 11 is 3.48. The van der Waals surface area contributed by atoms with Crippen molar-refractivity contribution in [1.29, 1.82) is 0 Å². The van der Waals surface area contributed by atoms with Crippen LogP contribution in [-0.4, -0.2) is 50.3 Å². The fourth-order valence-corrected chi connectivity index (χ4v) is 4.99. The van der Waals surface area contributed by atoms with Crippen LogP contribution in [0.3, 0.4) is 0 Å². The molecule has 0 radical (unpaired) electrons. The van der Waals surface area contributed by atoms with Crippen LogP contribution in [0.2, 0.25) is 0 Å². The van der Waals surface area contributed by atoms with Gasteiger partial charge in [-0.25, -0.2) is 9.78 Å². The third kappa shape index (κ3) is 4.77. The molecule has 8 nitrogen and oxygen atoms in total. The number of piperidine rings is 1. The lowest BCUT2D eigenvalue weighted by Crippen LogP contribution is -2.44. The molecule has 0 aromatic carbocycles. The van der Waals surface area contributed by atoms with Crippen molar-refractivity contribution in [2.24, 2.45) is 0 Å². The summed E-state index contributed by atoms with van der Waals surface area (Å²) in [4.78, 5) is 36.5. The Labute approximate surface area is 196 Å². The minimum atomic E-state index is -0.493. The number of nitrogens with zero attached hydrogens (tertiary/aromatic N) is 4. The van der Waals surface area contributed by atoms with Crippen LogP contribution in [0.4, 0.5) is 10.7 Å². The Kier molecular flexibility index (Phi) is 6.47. The van der Waals surface area contributed by atoms with Crippen LogP contribution in [0.1, 0.15) is 70.9 Å². The number of rotatable bonds is 3. The van der Waals surface area contributed by atoms with E-state index in [-0.39, 0.29) is 23.7 Å². The van der Waals surface area contributed by atoms with E-state index in [1.54, 1.807) is 4.90 Å². The lowest BCUT2D eigenvalue weighted by atomic mass is 10.1. The van der Waals surface area contributed by atoms with E-state index in [0.29, 0.717) is 29.2 Å². The Balaban J connectivity index is 1.52. The zero-order chi connectivity index (χ0) is 23.0. The number of amides is 1. The molecular formula is C23H32BrN5O3. The van der Waals surface area contributed by atoms with Crippen LogP contribution < -0.4 is 10.9 Å². The highest BCUT2D eigenvalue weighted by Gasteiger charge is 2.28. The maximum Gasteiger partial charge on any atom is 0.410 e. The fourth-order valence-electron chi connectivity index (χ4n) is 4.59. The van der Waals surface area contributed by atoms with Gasteiger partial charge >= 0.3 is 6.09 Å². The van der Waals surface area contributed by atoms with E-state index in [1.807, 2.05) is 38.5 Å². The highest BCUT2D eigenvalue weighted by Crippen LogP contribution is 2.32. The molecule has 1 aliphatic carbocycles. The molecule has 0 atom stereocenters. The van der Waals surface area contributed by atoms with E-state index in [2.05, 4.69) is 26.2 Å². The second kappa shape index (κ2) is 9.00. The van der Waals surface area contributed by atoms with Gasteiger partial charge in [-0.3, -0.25) is 9.36 Å². The summed E-state index contributed by atoms with van der Waals surface area (Å²) in [5.41, 5.74) is 1.06. The molecule has 1 amide bonds. The quantitative estimate of drug-likeness (QED) is 0.644. The standard InChI is InChI=1S/C23H32BrN5O3/c1-14-17-13-25-21(26-15-9-11-28(12-10-15)22(31)32-23(2,3)4)27-19(17)29(20(30)18(14)24)16-7-5-6-8-16/h13,15-16H,5-12H2,1-4H3,(H,25,26,27). The average molecular weight is 506 g/mol. The number of aromatic nitrogens is 3. The number of aryl methyl sites for hydroxylation is 1. The van der Waals surface area contributed by atoms with Gasteiger partial charge in [0.05, 0.1) is 4.47 Å². The molecule has 9 heteroatoms. The van der Waals surface area contributed by atoms with Gasteiger partial charge in [-0.2, -0.15) is 4.98 Å². The van der Waals surface area contributed by atoms with Crippen LogP contribution >= 0.6 is 15.9 Å². The molecular weight excluding hydrogens is 474 g/mol. The second-order valence-electron chi connectivity index (χ2n) is 9.87. The monoisotopic (exact) mass is 505 g/mol. The van der Waals surface area contributed by atoms with Gasteiger partial charge in [0, 0.05) is 36.8 Å². The molecule has 2 aromatic rings. The molecule has 0 spiro atoms. The van der Waals surface area contributed by atoms with E-state index >= 15 is 0 Å². The van der Waals surface area contributed by atoms with Crippen LogP contribution in [-0.2, 0) is 4.74 Å². The van der Waals surface area contributed by atoms with Gasteiger partial charge in [0.1, 0.15) is 11.2 Å². The van der Waals surface area contributed by atoms with E-state index in [9.17, 15) is 9.59 Å². The zero-order valence-electron chi connectivity index (χ0n) is 19.3. The van der Waals surface area contributed by atoms with Gasteiger partial charge in [-0.15, -0.1) is 0 Å². The lowest BCUT2D eigenvalue weighted by Gasteiger charge is -2.33. The van der Waals surface area contributed by atoms with Gasteiger partial charge in [-0.05, 0) is 74.9 Å². The highest BCUT2D eigenvalue weighted by molar-refractivity contribution is 9.10. The number of hydrogen-bond acceptors (Lipinski definition) is 6. The molecule has 4 rings (SSSR count). The van der Waals surface area contributed by atoms with Crippen LogP contribution in [0, 0.1) is 6.92 Å². The van der Waals surface area contributed by atoms with Crippen molar-refractivity contribution in [2.45, 2.75) is 83.9 Å². The predicted octanol–water partition coefficient (Wildman–Crippen LogP) is 4.79. The molecule has 0 unspecified atom stereocenters. The summed E-state index contributed by atoms with van der Waals surface area (Å²) in [6, 6.07) is 0.344. The first-order chi connectivity index (χ1) is 15.1. The summed E-state index contributed by atoms with van der Waals surface area (Å²) < 4.78 is 7.93. The van der Waals surface area contributed by atoms with Crippen molar-refractivity contribution in [3.05, 3.63) is 26.6 Å². The van der Waals surface area contributed by atoms with E-state index in [4.69, 9.17) is 9.72 Å². The first-order valence-electron chi connectivity index (χ1n) is 11.5. The average Bonchev–Trinajstić information content (AvgIpc) is 3.26. The SMILES string of the molecule is Cc1c(Br)c(=O)n(C2CCCC2)c2nc(NC3CCN(C(=O)OC(C)(C)C)CC3)ncc12. The van der Waals surface area contributed by atoms with E-state index < -0.39 is 5.60 Å². The summed E-state index contributed by atoms with van der Waals surface area (Å²) in [7, 11) is 0. The Hall–Kier alpha value is -2.16. The van der Waals surface area contributed by atoms with E-state index in [1.165, 1.54) is 0 Å². The first kappa shape index (κ1) is 23.0. The molecule has 1 aliphatic heterocycles. The second-order valence-corrected chi connectivity index (χ2v) is 10.7. The summed E-state index contributed by atoms with van der Waals surface area (Å²) in [6.45, 7) is 8.80. The Bertz CT molecular complexity index is 1060. The summed E-state index contributed by atoms with van der Waals surface area (Å²) in [6.07, 6.45) is 7.39. The normalized spacial score (nSPS) is 18.3. The highest BCUT2D eigenvalue weighted by atomic mass is 79.9. The maximum atomic E-state index is 13.1.